The van der Waals surface area contributed by atoms with Gasteiger partial charge in [0.05, 0.1) is 33.2 Å². The highest BCUT2D eigenvalue weighted by Crippen LogP contribution is 2.47. The summed E-state index contributed by atoms with van der Waals surface area (Å²) in [4.78, 5) is 0. The van der Waals surface area contributed by atoms with Crippen molar-refractivity contribution in [3.05, 3.63) is 290 Å². The molecule has 88 heavy (non-hydrogen) atoms. The maximum atomic E-state index is 15.5. The van der Waals surface area contributed by atoms with Gasteiger partial charge in [0.15, 0.2) is 0 Å². The normalized spacial score (nSPS) is 11.6. The molecule has 0 N–H and O–H groups in total. The smallest absolute Gasteiger partial charge is 0.309 e. The van der Waals surface area contributed by atoms with Crippen LogP contribution in [-0.2, 0) is 12.4 Å². The summed E-state index contributed by atoms with van der Waals surface area (Å²) in [5.74, 6) is 0. The Kier molecular flexibility index (Phi) is 18.0. The van der Waals surface area contributed by atoms with Crippen molar-refractivity contribution in [1.82, 2.24) is 9.13 Å². The summed E-state index contributed by atoms with van der Waals surface area (Å²) in [6.07, 6.45) is -13.6. The fourth-order valence-corrected chi connectivity index (χ4v) is 11.0. The van der Waals surface area contributed by atoms with Gasteiger partial charge < -0.3 is 9.13 Å². The Balaban J connectivity index is 0.000000596. The Labute approximate surface area is 506 Å². The highest BCUT2D eigenvalue weighted by atomic mass is 19.4. The predicted octanol–water partition coefficient (Wildman–Crippen LogP) is 24.2. The molecule has 2 nitrogen and oxygen atoms in total. The van der Waals surface area contributed by atoms with Crippen LogP contribution in [0.4, 0.5) is 39.5 Å². The third kappa shape index (κ3) is 13.2. The largest absolute Gasteiger partial charge is 0.417 e. The standard InChI is InChI=1S/C66H46F6N2.C5H5F3.C4H8.C2H4/c1-39-9-5-13-43(29-39)47-17-25-61-55(33-47)56-34-48(44-14-6-10-40(2)30-44)18-26-62(56)73(61)51-21-23-59(65(67,68)69)53(37-51)54-38-52(22-24-60(54)66(70,71)72)74-63-27-19-49(45-15-7-11-41(3)31-45)35-57(63)58-36-50(20-28-64(58)74)46-16-8-12-42(4)32-46;1-3-4(2)5(6,7)8;1-4(2)3;1-2/h5-38H,1-4H3;3H,1-2H2;1H2,2-3H3;1-2H2. The average Bonchev–Trinajstić information content (AvgIpc) is 1.82. The Morgan fingerprint density at radius 3 is 0.807 bits per heavy atom. The van der Waals surface area contributed by atoms with Gasteiger partial charge in [-0.25, -0.2) is 0 Å². The molecule has 0 unspecified atom stereocenters. The highest BCUT2D eigenvalue weighted by molar-refractivity contribution is 6.13. The second-order valence-electron chi connectivity index (χ2n) is 22.0. The van der Waals surface area contributed by atoms with Gasteiger partial charge in [-0.05, 0) is 182 Å². The monoisotopic (exact) mass is 1190 g/mol. The number of hydrogen-bond donors (Lipinski definition) is 0. The van der Waals surface area contributed by atoms with E-state index in [0.717, 1.165) is 100 Å². The van der Waals surface area contributed by atoms with Crippen molar-refractivity contribution in [3.8, 4) is 67.0 Å². The fraction of sp³-hybridized carbons (Fsp3) is 0.117. The molecule has 0 fully saturated rings. The minimum atomic E-state index is -5.01. The van der Waals surface area contributed by atoms with Gasteiger partial charge in [-0.3, -0.25) is 0 Å². The first kappa shape index (κ1) is 62.7. The van der Waals surface area contributed by atoms with Gasteiger partial charge in [-0.2, -0.15) is 39.5 Å². The molecule has 0 bridgehead atoms. The van der Waals surface area contributed by atoms with Crippen LogP contribution >= 0.6 is 0 Å². The maximum absolute atomic E-state index is 15.5. The van der Waals surface area contributed by atoms with Gasteiger partial charge >= 0.3 is 18.5 Å². The molecule has 0 aliphatic heterocycles. The first-order valence-electron chi connectivity index (χ1n) is 28.2. The molecule has 2 heterocycles. The van der Waals surface area contributed by atoms with E-state index in [9.17, 15) is 13.2 Å². The van der Waals surface area contributed by atoms with Crippen LogP contribution in [0.2, 0.25) is 0 Å². The molecule has 0 aliphatic rings. The van der Waals surface area contributed by atoms with Crippen molar-refractivity contribution in [2.75, 3.05) is 0 Å². The van der Waals surface area contributed by atoms with Gasteiger partial charge in [0.2, 0.25) is 0 Å². The van der Waals surface area contributed by atoms with Gasteiger partial charge in [0, 0.05) is 38.5 Å². The zero-order valence-electron chi connectivity index (χ0n) is 49.5. The summed E-state index contributed by atoms with van der Waals surface area (Å²) in [5, 5.41) is 3.37. The maximum Gasteiger partial charge on any atom is 0.417 e. The Morgan fingerprint density at radius 1 is 0.352 bits per heavy atom. The van der Waals surface area contributed by atoms with Crippen molar-refractivity contribution in [2.45, 2.75) is 60.1 Å². The van der Waals surface area contributed by atoms with E-state index >= 15 is 26.3 Å². The van der Waals surface area contributed by atoms with Crippen LogP contribution in [-0.4, -0.2) is 15.3 Å². The molecular formula is C77H63F9N2. The van der Waals surface area contributed by atoms with Gasteiger partial charge in [0.25, 0.3) is 0 Å². The van der Waals surface area contributed by atoms with Crippen molar-refractivity contribution in [3.63, 3.8) is 0 Å². The zero-order valence-corrected chi connectivity index (χ0v) is 49.5. The Bertz CT molecular complexity index is 4160. The molecule has 10 aromatic carbocycles. The molecule has 0 aliphatic carbocycles. The number of rotatable bonds is 8. The van der Waals surface area contributed by atoms with E-state index in [4.69, 9.17) is 0 Å². The number of nitrogens with zero attached hydrogens (tertiary/aromatic N) is 2. The lowest BCUT2D eigenvalue weighted by Crippen LogP contribution is -2.12. The molecular weight excluding hydrogens is 1120 g/mol. The van der Waals surface area contributed by atoms with E-state index in [1.165, 1.54) is 29.8 Å². The second-order valence-corrected chi connectivity index (χ2v) is 22.0. The minimum Gasteiger partial charge on any atom is -0.309 e. The van der Waals surface area contributed by atoms with E-state index < -0.39 is 46.4 Å². The number of alkyl halides is 9. The Hall–Kier alpha value is -9.87. The number of halogens is 9. The zero-order chi connectivity index (χ0) is 63.6. The van der Waals surface area contributed by atoms with Crippen LogP contribution in [0.25, 0.3) is 111 Å². The molecule has 0 amide bonds. The summed E-state index contributed by atoms with van der Waals surface area (Å²) in [7, 11) is 0. The number of fused-ring (bicyclic) bond motifs is 6. The number of allylic oxidation sites excluding steroid dienone is 3. The molecule has 0 spiro atoms. The van der Waals surface area contributed by atoms with E-state index in [1.54, 1.807) is 0 Å². The van der Waals surface area contributed by atoms with Crippen LogP contribution < -0.4 is 0 Å². The number of aryl methyl sites for hydroxylation is 4. The number of benzene rings is 10. The van der Waals surface area contributed by atoms with Crippen LogP contribution in [0.5, 0.6) is 0 Å². The van der Waals surface area contributed by atoms with E-state index in [0.29, 0.717) is 28.1 Å². The summed E-state index contributed by atoms with van der Waals surface area (Å²) < 4.78 is 131. The second kappa shape index (κ2) is 25.2. The molecule has 0 atom stereocenters. The third-order valence-electron chi connectivity index (χ3n) is 15.0. The fourth-order valence-electron chi connectivity index (χ4n) is 11.0. The summed E-state index contributed by atoms with van der Waals surface area (Å²) in [6, 6.07) is 63.7. The van der Waals surface area contributed by atoms with Gasteiger partial charge in [0.1, 0.15) is 0 Å². The lowest BCUT2D eigenvalue weighted by molar-refractivity contribution is -0.139. The molecule has 12 aromatic rings. The quantitative estimate of drug-likeness (QED) is 0.0815. The molecule has 12 rings (SSSR count). The van der Waals surface area contributed by atoms with Gasteiger partial charge in [-0.1, -0.05) is 168 Å². The highest BCUT2D eigenvalue weighted by Gasteiger charge is 2.39. The lowest BCUT2D eigenvalue weighted by Gasteiger charge is -2.21. The molecule has 0 saturated carbocycles. The van der Waals surface area contributed by atoms with Gasteiger partial charge in [-0.15, -0.1) is 19.7 Å². The summed E-state index contributed by atoms with van der Waals surface area (Å²) in [6.45, 7) is 27.2. The van der Waals surface area contributed by atoms with Crippen LogP contribution in [0, 0.1) is 27.7 Å². The summed E-state index contributed by atoms with van der Waals surface area (Å²) in [5.41, 5.74) is 12.2. The number of hydrogen-bond acceptors (Lipinski definition) is 0. The number of aromatic nitrogens is 2. The lowest BCUT2D eigenvalue weighted by atomic mass is 9.93. The van der Waals surface area contributed by atoms with Crippen LogP contribution in [0.1, 0.15) is 47.2 Å². The van der Waals surface area contributed by atoms with E-state index in [1.807, 2.05) is 172 Å². The average molecular weight is 1190 g/mol. The molecule has 444 valence electrons. The Morgan fingerprint density at radius 2 is 0.602 bits per heavy atom. The SMILES string of the molecule is C=C.C=C(C)C.C=CC(=C)C(F)(F)F.Cc1cccc(-c2ccc3c(c2)c2cc(-c4cccc(C)c4)ccc2n3-c2ccc(C(F)(F)F)c(-c3cc(-n4c5ccc(-c6cccc(C)c6)cc5c5cc(-c6cccc(C)c6)ccc54)ccc3C(F)(F)F)c2)c1. The van der Waals surface area contributed by atoms with Crippen LogP contribution in [0.3, 0.4) is 0 Å². The molecule has 0 radical (unpaired) electrons. The first-order chi connectivity index (χ1) is 41.8. The van der Waals surface area contributed by atoms with Crippen molar-refractivity contribution in [1.29, 1.82) is 0 Å². The predicted molar refractivity (Wildman–Crippen MR) is 348 cm³/mol. The summed E-state index contributed by atoms with van der Waals surface area (Å²) >= 11 is 0. The van der Waals surface area contributed by atoms with Crippen molar-refractivity contribution >= 4 is 43.6 Å². The van der Waals surface area contributed by atoms with E-state index in [-0.39, 0.29) is 11.4 Å². The molecule has 11 heteroatoms. The van der Waals surface area contributed by atoms with Crippen LogP contribution in [0.15, 0.2) is 256 Å². The molecule has 0 saturated heterocycles. The molecule has 2 aromatic heterocycles. The third-order valence-corrected chi connectivity index (χ3v) is 15.0. The first-order valence-corrected chi connectivity index (χ1v) is 28.2. The van der Waals surface area contributed by atoms with E-state index in [2.05, 4.69) is 81.4 Å². The topological polar surface area (TPSA) is 9.86 Å². The minimum absolute atomic E-state index is 0.280. The van der Waals surface area contributed by atoms with Crippen molar-refractivity contribution < 1.29 is 39.5 Å². The van der Waals surface area contributed by atoms with Crippen molar-refractivity contribution in [2.24, 2.45) is 0 Å².